The molecule has 0 aromatic heterocycles. The first-order valence-electron chi connectivity index (χ1n) is 8.74. The second-order valence-electron chi connectivity index (χ2n) is 6.26. The van der Waals surface area contributed by atoms with E-state index >= 15 is 0 Å². The van der Waals surface area contributed by atoms with Crippen molar-refractivity contribution >= 4 is 23.2 Å². The van der Waals surface area contributed by atoms with Gasteiger partial charge in [0.1, 0.15) is 6.61 Å². The molecular formula is C21H22N2O4. The second-order valence-corrected chi connectivity index (χ2v) is 6.26. The summed E-state index contributed by atoms with van der Waals surface area (Å²) in [6.45, 7) is 3.95. The van der Waals surface area contributed by atoms with Crippen molar-refractivity contribution in [3.8, 4) is 11.5 Å². The molecule has 2 N–H and O–H groups in total. The zero-order chi connectivity index (χ0) is 19.2. The van der Waals surface area contributed by atoms with Crippen LogP contribution in [0.25, 0.3) is 0 Å². The summed E-state index contributed by atoms with van der Waals surface area (Å²) in [5.74, 6) is 0.874. The Morgan fingerprint density at radius 1 is 1.11 bits per heavy atom. The zero-order valence-electron chi connectivity index (χ0n) is 15.2. The monoisotopic (exact) mass is 366 g/mol. The summed E-state index contributed by atoms with van der Waals surface area (Å²) in [5.41, 5.74) is 1.69. The van der Waals surface area contributed by atoms with Gasteiger partial charge in [0.25, 0.3) is 5.91 Å². The third-order valence-electron chi connectivity index (χ3n) is 4.12. The number of hydrogen-bond donors (Lipinski definition) is 2. The zero-order valence-corrected chi connectivity index (χ0v) is 15.2. The van der Waals surface area contributed by atoms with Gasteiger partial charge in [0.15, 0.2) is 11.5 Å². The average Bonchev–Trinajstić information content (AvgIpc) is 3.52. The molecule has 6 heteroatoms. The quantitative estimate of drug-likeness (QED) is 0.696. The molecule has 2 aromatic carbocycles. The number of carbonyl (C=O) groups excluding carboxylic acids is 2. The molecular weight excluding hydrogens is 344 g/mol. The van der Waals surface area contributed by atoms with Crippen molar-refractivity contribution in [2.75, 3.05) is 24.4 Å². The molecule has 1 aliphatic rings. The van der Waals surface area contributed by atoms with Crippen LogP contribution in [0.2, 0.25) is 0 Å². The third kappa shape index (κ3) is 4.88. The fourth-order valence-electron chi connectivity index (χ4n) is 2.54. The molecule has 1 fully saturated rings. The Morgan fingerprint density at radius 2 is 1.85 bits per heavy atom. The predicted octanol–water partition coefficient (Wildman–Crippen LogP) is 3.86. The van der Waals surface area contributed by atoms with Crippen molar-refractivity contribution in [3.63, 3.8) is 0 Å². The number of anilines is 2. The van der Waals surface area contributed by atoms with E-state index in [-0.39, 0.29) is 17.7 Å². The van der Waals surface area contributed by atoms with Gasteiger partial charge in [-0.05, 0) is 49.2 Å². The minimum absolute atomic E-state index is 0.0262. The number of methoxy groups -OCH3 is 1. The summed E-state index contributed by atoms with van der Waals surface area (Å²) in [6, 6.07) is 12.0. The molecule has 0 heterocycles. The average molecular weight is 366 g/mol. The molecule has 1 saturated carbocycles. The van der Waals surface area contributed by atoms with Crippen molar-refractivity contribution < 1.29 is 19.1 Å². The Bertz CT molecular complexity index is 859. The van der Waals surface area contributed by atoms with Crippen LogP contribution in [-0.4, -0.2) is 25.5 Å². The molecule has 2 aromatic rings. The molecule has 1 aliphatic carbocycles. The molecule has 0 radical (unpaired) electrons. The molecule has 0 atom stereocenters. The third-order valence-corrected chi connectivity index (χ3v) is 4.12. The standard InChI is InChI=1S/C21H22N2O4/c1-3-11-27-18-10-9-15(12-19(18)26-2)21(25)23-17-6-4-5-16(13-17)22-20(24)14-7-8-14/h3-6,9-10,12-14H,1,7-8,11H2,2H3,(H,22,24)(H,23,25). The van der Waals surface area contributed by atoms with Gasteiger partial charge in [0, 0.05) is 22.9 Å². The lowest BCUT2D eigenvalue weighted by Gasteiger charge is -2.12. The van der Waals surface area contributed by atoms with Crippen LogP contribution in [0.3, 0.4) is 0 Å². The maximum absolute atomic E-state index is 12.5. The van der Waals surface area contributed by atoms with Crippen molar-refractivity contribution in [1.82, 2.24) is 0 Å². The van der Waals surface area contributed by atoms with Crippen LogP contribution in [0.5, 0.6) is 11.5 Å². The highest BCUT2D eigenvalue weighted by Gasteiger charge is 2.29. The number of ether oxygens (including phenoxy) is 2. The summed E-state index contributed by atoms with van der Waals surface area (Å²) in [7, 11) is 1.52. The van der Waals surface area contributed by atoms with E-state index in [4.69, 9.17) is 9.47 Å². The molecule has 0 bridgehead atoms. The molecule has 3 rings (SSSR count). The van der Waals surface area contributed by atoms with Crippen LogP contribution in [0.4, 0.5) is 11.4 Å². The Morgan fingerprint density at radius 3 is 2.52 bits per heavy atom. The SMILES string of the molecule is C=CCOc1ccc(C(=O)Nc2cccc(NC(=O)C3CC3)c2)cc1OC. The lowest BCUT2D eigenvalue weighted by Crippen LogP contribution is -2.15. The van der Waals surface area contributed by atoms with E-state index in [2.05, 4.69) is 17.2 Å². The van der Waals surface area contributed by atoms with E-state index in [1.54, 1.807) is 48.5 Å². The number of amides is 2. The number of benzene rings is 2. The van der Waals surface area contributed by atoms with Crippen LogP contribution in [0.1, 0.15) is 23.2 Å². The predicted molar refractivity (Wildman–Crippen MR) is 104 cm³/mol. The normalized spacial score (nSPS) is 12.8. The Balaban J connectivity index is 1.69. The molecule has 140 valence electrons. The fraction of sp³-hybridized carbons (Fsp3) is 0.238. The molecule has 0 saturated heterocycles. The number of nitrogens with one attached hydrogen (secondary N) is 2. The Hall–Kier alpha value is -3.28. The van der Waals surface area contributed by atoms with Crippen molar-refractivity contribution in [2.24, 2.45) is 5.92 Å². The molecule has 0 spiro atoms. The number of rotatable bonds is 8. The van der Waals surface area contributed by atoms with Gasteiger partial charge in [0.05, 0.1) is 7.11 Å². The van der Waals surface area contributed by atoms with E-state index in [1.165, 1.54) is 7.11 Å². The minimum Gasteiger partial charge on any atom is -0.493 e. The minimum atomic E-state index is -0.283. The topological polar surface area (TPSA) is 76.7 Å². The summed E-state index contributed by atoms with van der Waals surface area (Å²) < 4.78 is 10.8. The lowest BCUT2D eigenvalue weighted by molar-refractivity contribution is -0.117. The van der Waals surface area contributed by atoms with Crippen LogP contribution in [0.15, 0.2) is 55.1 Å². The first kappa shape index (κ1) is 18.5. The molecule has 0 aliphatic heterocycles. The largest absolute Gasteiger partial charge is 0.493 e. The smallest absolute Gasteiger partial charge is 0.255 e. The lowest BCUT2D eigenvalue weighted by atomic mass is 10.1. The van der Waals surface area contributed by atoms with Crippen LogP contribution < -0.4 is 20.1 Å². The van der Waals surface area contributed by atoms with Crippen molar-refractivity contribution in [1.29, 1.82) is 0 Å². The maximum Gasteiger partial charge on any atom is 0.255 e. The maximum atomic E-state index is 12.5. The highest BCUT2D eigenvalue weighted by atomic mass is 16.5. The van der Waals surface area contributed by atoms with Gasteiger partial charge < -0.3 is 20.1 Å². The van der Waals surface area contributed by atoms with Gasteiger partial charge in [-0.1, -0.05) is 18.7 Å². The van der Waals surface area contributed by atoms with E-state index in [9.17, 15) is 9.59 Å². The van der Waals surface area contributed by atoms with Gasteiger partial charge in [-0.2, -0.15) is 0 Å². The summed E-state index contributed by atoms with van der Waals surface area (Å²) in [4.78, 5) is 24.4. The molecule has 27 heavy (non-hydrogen) atoms. The van der Waals surface area contributed by atoms with E-state index in [0.29, 0.717) is 35.0 Å². The second kappa shape index (κ2) is 8.40. The van der Waals surface area contributed by atoms with Gasteiger partial charge in [-0.3, -0.25) is 9.59 Å². The Kier molecular flexibility index (Phi) is 5.76. The van der Waals surface area contributed by atoms with Gasteiger partial charge in [0.2, 0.25) is 5.91 Å². The van der Waals surface area contributed by atoms with Crippen LogP contribution in [0, 0.1) is 5.92 Å². The van der Waals surface area contributed by atoms with E-state index in [1.807, 2.05) is 0 Å². The molecule has 0 unspecified atom stereocenters. The van der Waals surface area contributed by atoms with Gasteiger partial charge in [-0.25, -0.2) is 0 Å². The summed E-state index contributed by atoms with van der Waals surface area (Å²) >= 11 is 0. The van der Waals surface area contributed by atoms with E-state index < -0.39 is 0 Å². The summed E-state index contributed by atoms with van der Waals surface area (Å²) in [6.07, 6.45) is 3.52. The van der Waals surface area contributed by atoms with E-state index in [0.717, 1.165) is 12.8 Å². The first-order chi connectivity index (χ1) is 13.1. The highest BCUT2D eigenvalue weighted by molar-refractivity contribution is 6.05. The van der Waals surface area contributed by atoms with Crippen LogP contribution >= 0.6 is 0 Å². The van der Waals surface area contributed by atoms with Gasteiger partial charge in [-0.15, -0.1) is 0 Å². The van der Waals surface area contributed by atoms with Crippen LogP contribution in [-0.2, 0) is 4.79 Å². The fourth-order valence-corrected chi connectivity index (χ4v) is 2.54. The number of hydrogen-bond acceptors (Lipinski definition) is 4. The van der Waals surface area contributed by atoms with Crippen molar-refractivity contribution in [3.05, 3.63) is 60.7 Å². The summed E-state index contributed by atoms with van der Waals surface area (Å²) in [5, 5.41) is 5.70. The number of carbonyl (C=O) groups is 2. The Labute approximate surface area is 158 Å². The molecule has 6 nitrogen and oxygen atoms in total. The molecule has 2 amide bonds. The highest BCUT2D eigenvalue weighted by Crippen LogP contribution is 2.31. The first-order valence-corrected chi connectivity index (χ1v) is 8.74. The van der Waals surface area contributed by atoms with Gasteiger partial charge >= 0.3 is 0 Å². The van der Waals surface area contributed by atoms with Crippen molar-refractivity contribution in [2.45, 2.75) is 12.8 Å².